The molecule has 0 saturated carbocycles. The predicted molar refractivity (Wildman–Crippen MR) is 84.1 cm³/mol. The molecule has 0 aliphatic rings. The summed E-state index contributed by atoms with van der Waals surface area (Å²) in [6, 6.07) is 11.9. The van der Waals surface area contributed by atoms with Crippen molar-refractivity contribution in [2.24, 2.45) is 0 Å². The van der Waals surface area contributed by atoms with Crippen LogP contribution in [0.2, 0.25) is 10.0 Å². The van der Waals surface area contributed by atoms with E-state index in [2.05, 4.69) is 0 Å². The number of carbonyl (C=O) groups is 1. The summed E-state index contributed by atoms with van der Waals surface area (Å²) >= 11 is 11.7. The maximum Gasteiger partial charge on any atom is 0.336 e. The Morgan fingerprint density at radius 1 is 1.10 bits per heavy atom. The van der Waals surface area contributed by atoms with E-state index in [4.69, 9.17) is 32.7 Å². The molecule has 0 aromatic heterocycles. The Hall–Kier alpha value is -1.97. The number of hydrogen-bond donors (Lipinski definition) is 0. The highest BCUT2D eigenvalue weighted by Gasteiger charge is 2.06. The lowest BCUT2D eigenvalue weighted by Gasteiger charge is -2.04. The van der Waals surface area contributed by atoms with Crippen molar-refractivity contribution in [1.29, 1.82) is 0 Å². The van der Waals surface area contributed by atoms with E-state index >= 15 is 0 Å². The lowest BCUT2D eigenvalue weighted by Crippen LogP contribution is -2.03. The molecule has 2 aromatic carbocycles. The van der Waals surface area contributed by atoms with Gasteiger partial charge in [-0.1, -0.05) is 35.3 Å². The van der Waals surface area contributed by atoms with E-state index in [1.165, 1.54) is 12.1 Å². The van der Waals surface area contributed by atoms with Crippen LogP contribution in [-0.2, 0) is 4.79 Å². The number of esters is 1. The molecule has 3 nitrogen and oxygen atoms in total. The van der Waals surface area contributed by atoms with Crippen molar-refractivity contribution in [3.8, 4) is 11.5 Å². The minimum absolute atomic E-state index is 0.269. The van der Waals surface area contributed by atoms with Crippen molar-refractivity contribution in [3.63, 3.8) is 0 Å². The smallest absolute Gasteiger partial charge is 0.336 e. The molecular weight excluding hydrogens is 311 g/mol. The normalized spacial score (nSPS) is 10.6. The van der Waals surface area contributed by atoms with Crippen molar-refractivity contribution in [3.05, 3.63) is 64.1 Å². The number of rotatable bonds is 4. The average Bonchev–Trinajstić information content (AvgIpc) is 2.48. The van der Waals surface area contributed by atoms with Crippen LogP contribution in [0, 0.1) is 0 Å². The first kappa shape index (κ1) is 15.4. The molecular formula is C16H12Cl2O3. The standard InChI is InChI=1S/C16H12Cl2O3/c1-20-13-6-2-11(3-7-13)4-9-16(19)21-15-8-5-12(17)10-14(15)18/h2-10H,1H3/b9-4+. The minimum Gasteiger partial charge on any atom is -0.497 e. The van der Waals surface area contributed by atoms with Crippen LogP contribution in [0.4, 0.5) is 0 Å². The highest BCUT2D eigenvalue weighted by molar-refractivity contribution is 6.35. The number of hydrogen-bond acceptors (Lipinski definition) is 3. The van der Waals surface area contributed by atoms with Gasteiger partial charge in [-0.3, -0.25) is 0 Å². The molecule has 2 rings (SSSR count). The van der Waals surface area contributed by atoms with Crippen molar-refractivity contribution < 1.29 is 14.3 Å². The van der Waals surface area contributed by atoms with Gasteiger partial charge < -0.3 is 9.47 Å². The number of benzene rings is 2. The summed E-state index contributed by atoms with van der Waals surface area (Å²) in [5.74, 6) is 0.503. The molecule has 0 atom stereocenters. The molecule has 0 N–H and O–H groups in total. The van der Waals surface area contributed by atoms with E-state index in [1.54, 1.807) is 37.5 Å². The van der Waals surface area contributed by atoms with Gasteiger partial charge in [0, 0.05) is 11.1 Å². The maximum atomic E-state index is 11.7. The zero-order valence-corrected chi connectivity index (χ0v) is 12.7. The summed E-state index contributed by atoms with van der Waals surface area (Å²) in [6.45, 7) is 0. The van der Waals surface area contributed by atoms with Crippen LogP contribution in [-0.4, -0.2) is 13.1 Å². The van der Waals surface area contributed by atoms with E-state index in [9.17, 15) is 4.79 Å². The SMILES string of the molecule is COc1ccc(/C=C/C(=O)Oc2ccc(Cl)cc2Cl)cc1. The van der Waals surface area contributed by atoms with Gasteiger partial charge in [-0.15, -0.1) is 0 Å². The Bertz CT molecular complexity index is 664. The van der Waals surface area contributed by atoms with Crippen molar-refractivity contribution in [2.45, 2.75) is 0 Å². The first-order valence-electron chi connectivity index (χ1n) is 6.07. The Morgan fingerprint density at radius 2 is 1.81 bits per heavy atom. The summed E-state index contributed by atoms with van der Waals surface area (Å²) in [5.41, 5.74) is 0.856. The van der Waals surface area contributed by atoms with Crippen molar-refractivity contribution in [1.82, 2.24) is 0 Å². The third-order valence-corrected chi connectivity index (χ3v) is 3.16. The summed E-state index contributed by atoms with van der Waals surface area (Å²) in [7, 11) is 1.60. The Morgan fingerprint density at radius 3 is 2.43 bits per heavy atom. The number of halogens is 2. The molecule has 0 aliphatic heterocycles. The second kappa shape index (κ2) is 7.16. The molecule has 0 fully saturated rings. The third-order valence-electron chi connectivity index (χ3n) is 2.63. The lowest BCUT2D eigenvalue weighted by molar-refractivity contribution is -0.128. The van der Waals surface area contributed by atoms with Crippen LogP contribution in [0.15, 0.2) is 48.5 Å². The van der Waals surface area contributed by atoms with Crippen LogP contribution in [0.25, 0.3) is 6.08 Å². The van der Waals surface area contributed by atoms with Gasteiger partial charge in [0.2, 0.25) is 0 Å². The number of carbonyl (C=O) groups excluding carboxylic acids is 1. The molecule has 0 spiro atoms. The molecule has 21 heavy (non-hydrogen) atoms. The fourth-order valence-electron chi connectivity index (χ4n) is 1.58. The van der Waals surface area contributed by atoms with E-state index in [1.807, 2.05) is 12.1 Å². The molecule has 0 saturated heterocycles. The van der Waals surface area contributed by atoms with Gasteiger partial charge in [0.05, 0.1) is 12.1 Å². The molecule has 108 valence electrons. The molecule has 0 radical (unpaired) electrons. The van der Waals surface area contributed by atoms with Crippen LogP contribution in [0.3, 0.4) is 0 Å². The van der Waals surface area contributed by atoms with E-state index < -0.39 is 5.97 Å². The first-order chi connectivity index (χ1) is 10.1. The Kier molecular flexibility index (Phi) is 5.26. The van der Waals surface area contributed by atoms with E-state index in [-0.39, 0.29) is 10.8 Å². The van der Waals surface area contributed by atoms with Crippen LogP contribution < -0.4 is 9.47 Å². The number of methoxy groups -OCH3 is 1. The molecule has 0 heterocycles. The molecule has 0 aliphatic carbocycles. The molecule has 0 amide bonds. The van der Waals surface area contributed by atoms with Gasteiger partial charge in [0.15, 0.2) is 0 Å². The van der Waals surface area contributed by atoms with Crippen molar-refractivity contribution >= 4 is 35.2 Å². The van der Waals surface area contributed by atoms with Gasteiger partial charge in [-0.05, 0) is 42.0 Å². The van der Waals surface area contributed by atoms with Gasteiger partial charge in [0.25, 0.3) is 0 Å². The lowest BCUT2D eigenvalue weighted by atomic mass is 10.2. The highest BCUT2D eigenvalue weighted by atomic mass is 35.5. The minimum atomic E-state index is -0.518. The first-order valence-corrected chi connectivity index (χ1v) is 6.83. The van der Waals surface area contributed by atoms with Gasteiger partial charge in [-0.25, -0.2) is 4.79 Å². The predicted octanol–water partition coefficient (Wildman–Crippen LogP) is 4.62. The Balaban J connectivity index is 2.01. The maximum absolute atomic E-state index is 11.7. The molecule has 2 aromatic rings. The largest absolute Gasteiger partial charge is 0.497 e. The molecule has 0 bridgehead atoms. The van der Waals surface area contributed by atoms with Crippen LogP contribution in [0.5, 0.6) is 11.5 Å². The van der Waals surface area contributed by atoms with Gasteiger partial charge >= 0.3 is 5.97 Å². The topological polar surface area (TPSA) is 35.5 Å². The van der Waals surface area contributed by atoms with Gasteiger partial charge in [0.1, 0.15) is 11.5 Å². The second-order valence-corrected chi connectivity index (χ2v) is 4.95. The second-order valence-electron chi connectivity index (χ2n) is 4.10. The third kappa shape index (κ3) is 4.52. The van der Waals surface area contributed by atoms with Crippen LogP contribution >= 0.6 is 23.2 Å². The average molecular weight is 323 g/mol. The molecule has 5 heteroatoms. The monoisotopic (exact) mass is 322 g/mol. The molecule has 0 unspecified atom stereocenters. The summed E-state index contributed by atoms with van der Waals surface area (Å²) < 4.78 is 10.2. The van der Waals surface area contributed by atoms with E-state index in [0.29, 0.717) is 5.02 Å². The number of ether oxygens (including phenoxy) is 2. The van der Waals surface area contributed by atoms with E-state index in [0.717, 1.165) is 11.3 Å². The fraction of sp³-hybridized carbons (Fsp3) is 0.0625. The Labute approximate surface area is 132 Å². The highest BCUT2D eigenvalue weighted by Crippen LogP contribution is 2.27. The van der Waals surface area contributed by atoms with Crippen molar-refractivity contribution in [2.75, 3.05) is 7.11 Å². The zero-order chi connectivity index (χ0) is 15.2. The fourth-order valence-corrected chi connectivity index (χ4v) is 2.03. The zero-order valence-electron chi connectivity index (χ0n) is 11.2. The van der Waals surface area contributed by atoms with Crippen LogP contribution in [0.1, 0.15) is 5.56 Å². The van der Waals surface area contributed by atoms with Gasteiger partial charge in [-0.2, -0.15) is 0 Å². The summed E-state index contributed by atoms with van der Waals surface area (Å²) in [5, 5.41) is 0.766. The summed E-state index contributed by atoms with van der Waals surface area (Å²) in [6.07, 6.45) is 2.97. The summed E-state index contributed by atoms with van der Waals surface area (Å²) in [4.78, 5) is 11.7. The quantitative estimate of drug-likeness (QED) is 0.468.